The van der Waals surface area contributed by atoms with Crippen molar-refractivity contribution in [3.63, 3.8) is 0 Å². The van der Waals surface area contributed by atoms with Crippen LogP contribution in [0.25, 0.3) is 0 Å². The number of carbonyl (C=O) groups excluding carboxylic acids is 3. The van der Waals surface area contributed by atoms with Crippen LogP contribution >= 0.6 is 0 Å². The van der Waals surface area contributed by atoms with Gasteiger partial charge in [-0.2, -0.15) is 0 Å². The molecular formula is C23H45N3O5. The first-order valence-electron chi connectivity index (χ1n) is 11.5. The lowest BCUT2D eigenvalue weighted by molar-refractivity contribution is -0.128. The molecule has 0 fully saturated rings. The van der Waals surface area contributed by atoms with Crippen LogP contribution in [0.5, 0.6) is 0 Å². The van der Waals surface area contributed by atoms with E-state index >= 15 is 0 Å². The minimum Gasteiger partial charge on any atom is -0.444 e. The second kappa shape index (κ2) is 14.3. The average molecular weight is 444 g/mol. The maximum Gasteiger partial charge on any atom is 0.408 e. The number of alkyl carbamates (subject to hydrolysis) is 1. The largest absolute Gasteiger partial charge is 0.444 e. The number of unbranched alkanes of at least 4 members (excludes halogenated alkanes) is 1. The van der Waals surface area contributed by atoms with E-state index in [1.807, 2.05) is 34.6 Å². The zero-order valence-electron chi connectivity index (χ0n) is 20.7. The lowest BCUT2D eigenvalue weighted by Crippen LogP contribution is -2.56. The fourth-order valence-corrected chi connectivity index (χ4v) is 3.04. The van der Waals surface area contributed by atoms with E-state index < -0.39 is 35.8 Å². The van der Waals surface area contributed by atoms with Crippen molar-refractivity contribution < 1.29 is 24.2 Å². The molecule has 0 aliphatic rings. The molecule has 4 atom stereocenters. The summed E-state index contributed by atoms with van der Waals surface area (Å²) in [5.74, 6) is -0.573. The van der Waals surface area contributed by atoms with E-state index in [9.17, 15) is 19.5 Å². The van der Waals surface area contributed by atoms with Crippen molar-refractivity contribution in [3.05, 3.63) is 0 Å². The van der Waals surface area contributed by atoms with Gasteiger partial charge in [-0.15, -0.1) is 0 Å². The molecule has 0 aromatic rings. The Bertz CT molecular complexity index is 560. The van der Waals surface area contributed by atoms with Gasteiger partial charge in [0.25, 0.3) is 0 Å². The number of aliphatic hydroxyl groups excluding tert-OH is 1. The third-order valence-corrected chi connectivity index (χ3v) is 4.93. The maximum atomic E-state index is 13.0. The Morgan fingerprint density at radius 3 is 2.13 bits per heavy atom. The summed E-state index contributed by atoms with van der Waals surface area (Å²) >= 11 is 0. The summed E-state index contributed by atoms with van der Waals surface area (Å²) in [7, 11) is 0. The van der Waals surface area contributed by atoms with Crippen molar-refractivity contribution in [2.45, 2.75) is 111 Å². The normalized spacial score (nSPS) is 15.5. The van der Waals surface area contributed by atoms with Crippen molar-refractivity contribution >= 4 is 17.9 Å². The van der Waals surface area contributed by atoms with E-state index in [1.54, 1.807) is 20.8 Å². The Kier molecular flexibility index (Phi) is 13.4. The van der Waals surface area contributed by atoms with Crippen LogP contribution < -0.4 is 16.0 Å². The van der Waals surface area contributed by atoms with Crippen molar-refractivity contribution in [1.29, 1.82) is 0 Å². The van der Waals surface area contributed by atoms with Gasteiger partial charge in [0, 0.05) is 6.54 Å². The molecule has 3 amide bonds. The van der Waals surface area contributed by atoms with E-state index in [0.717, 1.165) is 12.8 Å². The van der Waals surface area contributed by atoms with Crippen LogP contribution in [0, 0.1) is 11.8 Å². The van der Waals surface area contributed by atoms with Gasteiger partial charge in [0.05, 0.1) is 18.6 Å². The molecular weight excluding hydrogens is 398 g/mol. The minimum absolute atomic E-state index is 0.0884. The maximum absolute atomic E-state index is 13.0. The fourth-order valence-electron chi connectivity index (χ4n) is 3.04. The minimum atomic E-state index is -1.02. The quantitative estimate of drug-likeness (QED) is 0.326. The number of amides is 3. The first-order valence-corrected chi connectivity index (χ1v) is 11.5. The van der Waals surface area contributed by atoms with Crippen LogP contribution in [0.4, 0.5) is 4.79 Å². The van der Waals surface area contributed by atoms with Gasteiger partial charge in [-0.25, -0.2) is 4.79 Å². The molecule has 0 aromatic carbocycles. The molecule has 0 spiro atoms. The lowest BCUT2D eigenvalue weighted by atomic mass is 9.94. The first kappa shape index (κ1) is 29.2. The summed E-state index contributed by atoms with van der Waals surface area (Å²) in [5, 5.41) is 19.0. The second-order valence-electron chi connectivity index (χ2n) is 9.73. The van der Waals surface area contributed by atoms with E-state index in [-0.39, 0.29) is 24.2 Å². The molecule has 0 aliphatic heterocycles. The van der Waals surface area contributed by atoms with Gasteiger partial charge in [-0.1, -0.05) is 47.5 Å². The number of nitrogens with one attached hydrogen (secondary N) is 3. The standard InChI is InChI=1S/C23H45N3O5/c1-9-11-12-24-19(28)14-18(27)17(13-15(3)4)25-21(29)20(16(5)10-2)26-22(30)31-23(6,7)8/h15-18,20,27H,9-14H2,1-8H3,(H,24,28)(H,25,29)(H,26,30)/t16-,17-,18-,20-/m0/s1. The predicted octanol–water partition coefficient (Wildman–Crippen LogP) is 3.12. The highest BCUT2D eigenvalue weighted by Gasteiger charge is 2.32. The number of hydrogen-bond donors (Lipinski definition) is 4. The molecule has 8 heteroatoms. The number of carbonyl (C=O) groups is 3. The molecule has 0 bridgehead atoms. The Hall–Kier alpha value is -1.83. The zero-order chi connectivity index (χ0) is 24.2. The molecule has 0 unspecified atom stereocenters. The monoisotopic (exact) mass is 443 g/mol. The number of hydrogen-bond acceptors (Lipinski definition) is 5. The van der Waals surface area contributed by atoms with Crippen LogP contribution in [0.2, 0.25) is 0 Å². The van der Waals surface area contributed by atoms with Gasteiger partial charge in [0.2, 0.25) is 11.8 Å². The van der Waals surface area contributed by atoms with Crippen molar-refractivity contribution in [2.75, 3.05) is 6.54 Å². The van der Waals surface area contributed by atoms with Crippen molar-refractivity contribution in [2.24, 2.45) is 11.8 Å². The molecule has 0 saturated carbocycles. The van der Waals surface area contributed by atoms with Crippen LogP contribution in [0.1, 0.15) is 87.5 Å². The average Bonchev–Trinajstić information content (AvgIpc) is 2.63. The smallest absolute Gasteiger partial charge is 0.408 e. The number of ether oxygens (including phenoxy) is 1. The summed E-state index contributed by atoms with van der Waals surface area (Å²) in [4.78, 5) is 37.4. The molecule has 0 heterocycles. The van der Waals surface area contributed by atoms with Crippen molar-refractivity contribution in [1.82, 2.24) is 16.0 Å². The van der Waals surface area contributed by atoms with Gasteiger partial charge in [0.1, 0.15) is 11.6 Å². The molecule has 0 saturated heterocycles. The molecule has 31 heavy (non-hydrogen) atoms. The summed E-state index contributed by atoms with van der Waals surface area (Å²) < 4.78 is 5.30. The van der Waals surface area contributed by atoms with E-state index in [4.69, 9.17) is 4.74 Å². The first-order chi connectivity index (χ1) is 14.3. The second-order valence-corrected chi connectivity index (χ2v) is 9.73. The van der Waals surface area contributed by atoms with Crippen LogP contribution in [0.15, 0.2) is 0 Å². The molecule has 0 radical (unpaired) electrons. The van der Waals surface area contributed by atoms with Crippen LogP contribution in [-0.4, -0.2) is 53.3 Å². The van der Waals surface area contributed by atoms with E-state index in [0.29, 0.717) is 19.4 Å². The Morgan fingerprint density at radius 1 is 1.03 bits per heavy atom. The SMILES string of the molecule is CCCCNC(=O)C[C@H](O)[C@H](CC(C)C)NC(=O)[C@@H](NC(=O)OC(C)(C)C)[C@@H](C)CC. The van der Waals surface area contributed by atoms with Crippen molar-refractivity contribution in [3.8, 4) is 0 Å². The van der Waals surface area contributed by atoms with Crippen LogP contribution in [0.3, 0.4) is 0 Å². The van der Waals surface area contributed by atoms with Gasteiger partial charge >= 0.3 is 6.09 Å². The predicted molar refractivity (Wildman–Crippen MR) is 123 cm³/mol. The molecule has 4 N–H and O–H groups in total. The molecule has 0 aromatic heterocycles. The molecule has 0 aliphatic carbocycles. The zero-order valence-corrected chi connectivity index (χ0v) is 20.7. The third kappa shape index (κ3) is 13.2. The summed E-state index contributed by atoms with van der Waals surface area (Å²) in [6, 6.07) is -1.41. The Morgan fingerprint density at radius 2 is 1.65 bits per heavy atom. The van der Waals surface area contributed by atoms with Crippen LogP contribution in [-0.2, 0) is 14.3 Å². The third-order valence-electron chi connectivity index (χ3n) is 4.93. The molecule has 182 valence electrons. The van der Waals surface area contributed by atoms with Gasteiger partial charge in [-0.05, 0) is 45.4 Å². The summed E-state index contributed by atoms with van der Waals surface area (Å²) in [6.07, 6.45) is 1.25. The van der Waals surface area contributed by atoms with E-state index in [1.165, 1.54) is 0 Å². The summed E-state index contributed by atoms with van der Waals surface area (Å²) in [5.41, 5.74) is -0.679. The fraction of sp³-hybridized carbons (Fsp3) is 0.870. The highest BCUT2D eigenvalue weighted by atomic mass is 16.6. The Labute approximate surface area is 188 Å². The lowest BCUT2D eigenvalue weighted by Gasteiger charge is -2.30. The molecule has 8 nitrogen and oxygen atoms in total. The topological polar surface area (TPSA) is 117 Å². The Balaban J connectivity index is 5.23. The molecule has 0 rings (SSSR count). The number of rotatable bonds is 13. The summed E-state index contributed by atoms with van der Waals surface area (Å²) in [6.45, 7) is 15.6. The van der Waals surface area contributed by atoms with Gasteiger partial charge < -0.3 is 25.8 Å². The number of aliphatic hydroxyl groups is 1. The van der Waals surface area contributed by atoms with E-state index in [2.05, 4.69) is 16.0 Å². The highest BCUT2D eigenvalue weighted by Crippen LogP contribution is 2.15. The van der Waals surface area contributed by atoms with Gasteiger partial charge in [0.15, 0.2) is 0 Å². The highest BCUT2D eigenvalue weighted by molar-refractivity contribution is 5.86. The van der Waals surface area contributed by atoms with Gasteiger partial charge in [-0.3, -0.25) is 9.59 Å².